The van der Waals surface area contributed by atoms with Crippen LogP contribution in [0.3, 0.4) is 0 Å². The van der Waals surface area contributed by atoms with Gasteiger partial charge < -0.3 is 9.47 Å². The third kappa shape index (κ3) is 4.68. The van der Waals surface area contributed by atoms with Gasteiger partial charge in [-0.25, -0.2) is 9.48 Å². The van der Waals surface area contributed by atoms with Crippen LogP contribution in [0.2, 0.25) is 0 Å². The third-order valence-electron chi connectivity index (χ3n) is 4.60. The monoisotopic (exact) mass is 393 g/mol. The van der Waals surface area contributed by atoms with Crippen LogP contribution in [0.15, 0.2) is 53.3 Å². The number of nitrogens with zero attached hydrogens (tertiary/aromatic N) is 3. The number of hydrogen-bond acceptors (Lipinski definition) is 6. The summed E-state index contributed by atoms with van der Waals surface area (Å²) in [5.41, 5.74) is 2.08. The highest BCUT2D eigenvalue weighted by Gasteiger charge is 2.15. The quantitative estimate of drug-likeness (QED) is 0.584. The molecular formula is C22H23N3O4. The zero-order valence-corrected chi connectivity index (χ0v) is 16.7. The number of aryl methyl sites for hydroxylation is 1. The smallest absolute Gasteiger partial charge is 0.364 e. The summed E-state index contributed by atoms with van der Waals surface area (Å²) in [4.78, 5) is 28.5. The van der Waals surface area contributed by atoms with Crippen LogP contribution >= 0.6 is 0 Å². The van der Waals surface area contributed by atoms with Gasteiger partial charge in [0.15, 0.2) is 0 Å². The molecule has 0 saturated heterocycles. The molecule has 150 valence electrons. The van der Waals surface area contributed by atoms with Gasteiger partial charge in [-0.05, 0) is 48.5 Å². The first kappa shape index (κ1) is 20.3. The van der Waals surface area contributed by atoms with E-state index in [1.807, 2.05) is 36.4 Å². The van der Waals surface area contributed by atoms with Crippen LogP contribution in [0.1, 0.15) is 19.8 Å². The van der Waals surface area contributed by atoms with Gasteiger partial charge in [0.25, 0.3) is 0 Å². The Balaban J connectivity index is 2.10. The van der Waals surface area contributed by atoms with Gasteiger partial charge in [-0.15, -0.1) is 0 Å². The number of Topliss-reactive ketones (excluding diaryl/α,β-unsaturated/α-hetero) is 1. The molecule has 0 unspecified atom stereocenters. The van der Waals surface area contributed by atoms with Gasteiger partial charge in [-0.1, -0.05) is 6.92 Å². The Morgan fingerprint density at radius 2 is 1.41 bits per heavy atom. The number of methoxy groups -OCH3 is 2. The second-order valence-corrected chi connectivity index (χ2v) is 6.41. The van der Waals surface area contributed by atoms with Gasteiger partial charge in [0.05, 0.1) is 20.8 Å². The molecule has 1 aromatic heterocycles. The first-order valence-corrected chi connectivity index (χ1v) is 9.35. The Morgan fingerprint density at radius 3 is 1.90 bits per heavy atom. The predicted molar refractivity (Wildman–Crippen MR) is 110 cm³/mol. The fraction of sp³-hybridized carbons (Fsp3) is 0.273. The molecule has 7 nitrogen and oxygen atoms in total. The summed E-state index contributed by atoms with van der Waals surface area (Å²) in [5, 5.41) is 4.54. The molecule has 7 heteroatoms. The fourth-order valence-corrected chi connectivity index (χ4v) is 2.86. The number of benzene rings is 2. The van der Waals surface area contributed by atoms with Crippen molar-refractivity contribution in [3.63, 3.8) is 0 Å². The van der Waals surface area contributed by atoms with E-state index in [0.29, 0.717) is 23.6 Å². The van der Waals surface area contributed by atoms with Crippen molar-refractivity contribution >= 4 is 5.78 Å². The van der Waals surface area contributed by atoms with Crippen LogP contribution in [0.5, 0.6) is 11.5 Å². The van der Waals surface area contributed by atoms with E-state index in [1.165, 1.54) is 4.68 Å². The molecule has 3 aromatic rings. The number of carbonyl (C=O) groups is 1. The lowest BCUT2D eigenvalue weighted by molar-refractivity contribution is -0.119. The average molecular weight is 393 g/mol. The normalized spacial score (nSPS) is 10.6. The molecule has 1 heterocycles. The van der Waals surface area contributed by atoms with Crippen LogP contribution in [-0.4, -0.2) is 34.8 Å². The summed E-state index contributed by atoms with van der Waals surface area (Å²) in [6.07, 6.45) is 0.673. The van der Waals surface area contributed by atoms with Crippen LogP contribution in [-0.2, 0) is 11.3 Å². The third-order valence-corrected chi connectivity index (χ3v) is 4.60. The molecule has 0 bridgehead atoms. The van der Waals surface area contributed by atoms with Crippen molar-refractivity contribution in [2.75, 3.05) is 14.2 Å². The highest BCUT2D eigenvalue weighted by Crippen LogP contribution is 2.29. The van der Waals surface area contributed by atoms with Gasteiger partial charge in [-0.2, -0.15) is 10.1 Å². The molecule has 0 N–H and O–H groups in total. The van der Waals surface area contributed by atoms with Gasteiger partial charge >= 0.3 is 5.69 Å². The first-order valence-electron chi connectivity index (χ1n) is 9.35. The molecular weight excluding hydrogens is 370 g/mol. The Hall–Kier alpha value is -3.48. The summed E-state index contributed by atoms with van der Waals surface area (Å²) in [7, 11) is 3.19. The summed E-state index contributed by atoms with van der Waals surface area (Å²) in [6.45, 7) is 2.00. The summed E-state index contributed by atoms with van der Waals surface area (Å²) in [6, 6.07) is 14.7. The Labute approximate surface area is 168 Å². The lowest BCUT2D eigenvalue weighted by atomic mass is 10.0. The highest BCUT2D eigenvalue weighted by molar-refractivity contribution is 5.78. The number of carbonyl (C=O) groups excluding carboxylic acids is 1. The molecule has 0 atom stereocenters. The van der Waals surface area contributed by atoms with Crippen molar-refractivity contribution in [3.8, 4) is 34.0 Å². The van der Waals surface area contributed by atoms with Crippen molar-refractivity contribution < 1.29 is 14.3 Å². The van der Waals surface area contributed by atoms with E-state index in [1.54, 1.807) is 33.3 Å². The van der Waals surface area contributed by atoms with Crippen molar-refractivity contribution in [3.05, 3.63) is 59.0 Å². The minimum atomic E-state index is -0.489. The maximum Gasteiger partial charge on any atom is 0.364 e. The summed E-state index contributed by atoms with van der Waals surface area (Å²) < 4.78 is 11.7. The Kier molecular flexibility index (Phi) is 6.39. The topological polar surface area (TPSA) is 83.3 Å². The van der Waals surface area contributed by atoms with E-state index < -0.39 is 5.69 Å². The average Bonchev–Trinajstić information content (AvgIpc) is 2.78. The minimum absolute atomic E-state index is 0.0731. The van der Waals surface area contributed by atoms with Gasteiger partial charge in [-0.3, -0.25) is 4.79 Å². The van der Waals surface area contributed by atoms with Crippen molar-refractivity contribution in [2.45, 2.75) is 26.3 Å². The Morgan fingerprint density at radius 1 is 0.897 bits per heavy atom. The van der Waals surface area contributed by atoms with E-state index in [-0.39, 0.29) is 18.7 Å². The number of ketones is 1. The van der Waals surface area contributed by atoms with Gasteiger partial charge in [0, 0.05) is 24.0 Å². The van der Waals surface area contributed by atoms with Crippen LogP contribution < -0.4 is 15.2 Å². The van der Waals surface area contributed by atoms with E-state index in [4.69, 9.17) is 9.47 Å². The predicted octanol–water partition coefficient (Wildman–Crippen LogP) is 3.36. The Bertz CT molecular complexity index is 1040. The van der Waals surface area contributed by atoms with Gasteiger partial charge in [0.2, 0.25) is 0 Å². The lowest BCUT2D eigenvalue weighted by Gasteiger charge is -2.12. The number of aromatic nitrogens is 3. The molecule has 0 aliphatic rings. The van der Waals surface area contributed by atoms with E-state index >= 15 is 0 Å². The molecule has 0 radical (unpaired) electrons. The highest BCUT2D eigenvalue weighted by atomic mass is 16.5. The molecule has 0 saturated carbocycles. The molecule has 29 heavy (non-hydrogen) atoms. The standard InChI is InChI=1S/C22H23N3O4/c1-4-17(26)13-14-25-22(27)23-20(15-5-9-18(28-2)10-6-15)21(24-25)16-7-11-19(29-3)12-8-16/h5-12H,4,13-14H2,1-3H3. The molecule has 2 aromatic carbocycles. The SMILES string of the molecule is CCC(=O)CCn1nc(-c2ccc(OC)cc2)c(-c2ccc(OC)cc2)nc1=O. The first-order chi connectivity index (χ1) is 14.0. The molecule has 0 aliphatic heterocycles. The number of ether oxygens (including phenoxy) is 2. The summed E-state index contributed by atoms with van der Waals surface area (Å²) in [5.74, 6) is 1.50. The van der Waals surface area contributed by atoms with Crippen LogP contribution in [0.4, 0.5) is 0 Å². The zero-order valence-electron chi connectivity index (χ0n) is 16.7. The molecule has 3 rings (SSSR count). The van der Waals surface area contributed by atoms with Crippen molar-refractivity contribution in [1.29, 1.82) is 0 Å². The maximum absolute atomic E-state index is 12.6. The van der Waals surface area contributed by atoms with Crippen LogP contribution in [0, 0.1) is 0 Å². The van der Waals surface area contributed by atoms with E-state index in [2.05, 4.69) is 10.1 Å². The minimum Gasteiger partial charge on any atom is -0.497 e. The number of hydrogen-bond donors (Lipinski definition) is 0. The summed E-state index contributed by atoms with van der Waals surface area (Å²) >= 11 is 0. The van der Waals surface area contributed by atoms with Gasteiger partial charge in [0.1, 0.15) is 28.7 Å². The maximum atomic E-state index is 12.6. The second-order valence-electron chi connectivity index (χ2n) is 6.41. The van der Waals surface area contributed by atoms with E-state index in [0.717, 1.165) is 16.9 Å². The van der Waals surface area contributed by atoms with Crippen molar-refractivity contribution in [1.82, 2.24) is 14.8 Å². The number of rotatable bonds is 8. The molecule has 0 fully saturated rings. The van der Waals surface area contributed by atoms with Crippen molar-refractivity contribution in [2.24, 2.45) is 0 Å². The fourth-order valence-electron chi connectivity index (χ4n) is 2.86. The molecule has 0 spiro atoms. The molecule has 0 aliphatic carbocycles. The second kappa shape index (κ2) is 9.14. The largest absolute Gasteiger partial charge is 0.497 e. The van der Waals surface area contributed by atoms with E-state index in [9.17, 15) is 9.59 Å². The lowest BCUT2D eigenvalue weighted by Crippen LogP contribution is -2.28. The van der Waals surface area contributed by atoms with Crippen LogP contribution in [0.25, 0.3) is 22.5 Å². The molecule has 0 amide bonds. The zero-order chi connectivity index (χ0) is 20.8.